The number of thiocarbonyl (C=S) groups is 1. The van der Waals surface area contributed by atoms with Gasteiger partial charge in [-0.2, -0.15) is 5.10 Å². The lowest BCUT2D eigenvalue weighted by molar-refractivity contribution is -0.679. The summed E-state index contributed by atoms with van der Waals surface area (Å²) in [5.74, 6) is 0.367. The van der Waals surface area contributed by atoms with Crippen LogP contribution in [0.25, 0.3) is 0 Å². The Balaban J connectivity index is 0.00000180. The lowest BCUT2D eigenvalue weighted by Crippen LogP contribution is -3.00. The number of halogens is 1. The van der Waals surface area contributed by atoms with E-state index in [1.165, 1.54) is 18.5 Å². The Morgan fingerprint density at radius 3 is 2.95 bits per heavy atom. The highest BCUT2D eigenvalue weighted by atomic mass is 35.5. The fraction of sp³-hybridized carbons (Fsp3) is 0.462. The smallest absolute Gasteiger partial charge is 0.189 e. The lowest BCUT2D eigenvalue weighted by Gasteiger charge is -2.22. The van der Waals surface area contributed by atoms with Crippen LogP contribution in [0.5, 0.6) is 0 Å². The number of nitrogens with two attached hydrogens (primary N) is 1. The number of rotatable bonds is 2. The molecule has 0 radical (unpaired) electrons. The van der Waals surface area contributed by atoms with Gasteiger partial charge in [-0.25, -0.2) is 4.57 Å². The average Bonchev–Trinajstić information content (AvgIpc) is 2.37. The molecular formula is C13H19ClN4S. The number of aryl methyl sites for hydroxylation is 1. The minimum atomic E-state index is 0. The molecular weight excluding hydrogens is 280 g/mol. The topological polar surface area (TPSA) is 54.3 Å². The van der Waals surface area contributed by atoms with Crippen LogP contribution in [0.3, 0.4) is 0 Å². The van der Waals surface area contributed by atoms with Gasteiger partial charge in [-0.05, 0) is 31.5 Å². The molecule has 0 amide bonds. The van der Waals surface area contributed by atoms with Gasteiger partial charge in [-0.3, -0.25) is 5.43 Å². The second-order valence-electron chi connectivity index (χ2n) is 4.61. The van der Waals surface area contributed by atoms with Crippen molar-refractivity contribution < 1.29 is 17.0 Å². The standard InChI is InChI=1S/C13H18N4S.ClH/c1-17-9-5-4-8-12(17)10-6-2-3-7-11(10)15-16-13(14)18;/h4-5,8-10H,2-3,6-7H2,1H3,(H2-,14,16,18);1H. The molecule has 104 valence electrons. The Bertz CT molecular complexity index is 475. The van der Waals surface area contributed by atoms with Crippen molar-refractivity contribution in [1.29, 1.82) is 0 Å². The van der Waals surface area contributed by atoms with Gasteiger partial charge in [-0.1, -0.05) is 12.5 Å². The third-order valence-corrected chi connectivity index (χ3v) is 3.43. The monoisotopic (exact) mass is 298 g/mol. The highest BCUT2D eigenvalue weighted by molar-refractivity contribution is 7.80. The van der Waals surface area contributed by atoms with Crippen molar-refractivity contribution in [2.45, 2.75) is 31.6 Å². The van der Waals surface area contributed by atoms with E-state index in [1.54, 1.807) is 0 Å². The van der Waals surface area contributed by atoms with Crippen LogP contribution in [0.15, 0.2) is 29.5 Å². The van der Waals surface area contributed by atoms with Crippen LogP contribution >= 0.6 is 12.2 Å². The second kappa shape index (κ2) is 7.40. The van der Waals surface area contributed by atoms with E-state index in [-0.39, 0.29) is 17.5 Å². The van der Waals surface area contributed by atoms with Crippen LogP contribution in [0.4, 0.5) is 0 Å². The van der Waals surface area contributed by atoms with Gasteiger partial charge in [0, 0.05) is 12.1 Å². The molecule has 1 aromatic rings. The first-order chi connectivity index (χ1) is 8.68. The van der Waals surface area contributed by atoms with Crippen molar-refractivity contribution in [2.24, 2.45) is 17.9 Å². The van der Waals surface area contributed by atoms with E-state index in [4.69, 9.17) is 18.0 Å². The van der Waals surface area contributed by atoms with Crippen molar-refractivity contribution in [3.05, 3.63) is 30.1 Å². The fourth-order valence-corrected chi connectivity index (χ4v) is 2.52. The van der Waals surface area contributed by atoms with Gasteiger partial charge in [0.2, 0.25) is 0 Å². The predicted molar refractivity (Wildman–Crippen MR) is 76.2 cm³/mol. The van der Waals surface area contributed by atoms with Gasteiger partial charge in [0.05, 0.1) is 11.6 Å². The first-order valence-electron chi connectivity index (χ1n) is 6.25. The summed E-state index contributed by atoms with van der Waals surface area (Å²) in [6.07, 6.45) is 6.64. The maximum atomic E-state index is 5.43. The van der Waals surface area contributed by atoms with Crippen molar-refractivity contribution in [3.8, 4) is 0 Å². The summed E-state index contributed by atoms with van der Waals surface area (Å²) in [6.45, 7) is 0. The highest BCUT2D eigenvalue weighted by Crippen LogP contribution is 2.28. The van der Waals surface area contributed by atoms with Gasteiger partial charge in [0.25, 0.3) is 0 Å². The quantitative estimate of drug-likeness (QED) is 0.391. The number of pyridine rings is 1. The molecule has 0 bridgehead atoms. The molecule has 1 aliphatic carbocycles. The van der Waals surface area contributed by atoms with Gasteiger partial charge in [-0.15, -0.1) is 0 Å². The van der Waals surface area contributed by atoms with E-state index in [0.717, 1.165) is 18.6 Å². The number of hydrogen-bond donors (Lipinski definition) is 2. The Morgan fingerprint density at radius 2 is 2.26 bits per heavy atom. The summed E-state index contributed by atoms with van der Waals surface area (Å²) in [4.78, 5) is 0. The number of aromatic nitrogens is 1. The fourth-order valence-electron chi connectivity index (χ4n) is 2.47. The van der Waals surface area contributed by atoms with Crippen molar-refractivity contribution >= 4 is 23.0 Å². The predicted octanol–water partition coefficient (Wildman–Crippen LogP) is -1.64. The second-order valence-corrected chi connectivity index (χ2v) is 5.05. The van der Waals surface area contributed by atoms with E-state index in [2.05, 4.69) is 40.5 Å². The molecule has 19 heavy (non-hydrogen) atoms. The maximum Gasteiger partial charge on any atom is 0.189 e. The molecule has 0 aliphatic heterocycles. The molecule has 3 N–H and O–H groups in total. The van der Waals surface area contributed by atoms with Gasteiger partial charge < -0.3 is 18.1 Å². The summed E-state index contributed by atoms with van der Waals surface area (Å²) in [7, 11) is 2.07. The number of nitrogens with zero attached hydrogens (tertiary/aromatic N) is 2. The molecule has 1 atom stereocenters. The van der Waals surface area contributed by atoms with E-state index in [9.17, 15) is 0 Å². The SMILES string of the molecule is C[n+]1ccccc1C1CCCCC1=NNC(N)=S.[Cl-]. The number of hydrazone groups is 1. The molecule has 4 nitrogen and oxygen atoms in total. The zero-order valence-corrected chi connectivity index (χ0v) is 12.5. The summed E-state index contributed by atoms with van der Waals surface area (Å²) in [5, 5.41) is 4.59. The van der Waals surface area contributed by atoms with E-state index in [0.29, 0.717) is 5.92 Å². The first kappa shape index (κ1) is 15.9. The maximum absolute atomic E-state index is 5.43. The first-order valence-corrected chi connectivity index (χ1v) is 6.66. The zero-order valence-electron chi connectivity index (χ0n) is 11.0. The van der Waals surface area contributed by atoms with Crippen LogP contribution in [0.1, 0.15) is 37.3 Å². The molecule has 1 heterocycles. The number of nitrogens with one attached hydrogen (secondary N) is 1. The van der Waals surface area contributed by atoms with Crippen LogP contribution < -0.4 is 28.1 Å². The molecule has 1 unspecified atom stereocenters. The van der Waals surface area contributed by atoms with Crippen molar-refractivity contribution in [2.75, 3.05) is 0 Å². The van der Waals surface area contributed by atoms with Crippen LogP contribution in [0.2, 0.25) is 0 Å². The molecule has 2 rings (SSSR count). The number of hydrogen-bond acceptors (Lipinski definition) is 2. The Kier molecular flexibility index (Phi) is 6.18. The Morgan fingerprint density at radius 1 is 1.47 bits per heavy atom. The minimum Gasteiger partial charge on any atom is -1.00 e. The van der Waals surface area contributed by atoms with Gasteiger partial charge in [0.15, 0.2) is 17.0 Å². The Labute approximate surface area is 125 Å². The molecule has 1 fully saturated rings. The average molecular weight is 299 g/mol. The third kappa shape index (κ3) is 4.14. The molecule has 1 aliphatic rings. The van der Waals surface area contributed by atoms with E-state index >= 15 is 0 Å². The minimum absolute atomic E-state index is 0. The normalized spacial score (nSPS) is 20.7. The molecule has 0 aromatic carbocycles. The van der Waals surface area contributed by atoms with E-state index in [1.807, 2.05) is 6.07 Å². The molecule has 0 saturated heterocycles. The Hall–Kier alpha value is -1.20. The molecule has 6 heteroatoms. The summed E-state index contributed by atoms with van der Waals surface area (Å²) in [6, 6.07) is 6.27. The highest BCUT2D eigenvalue weighted by Gasteiger charge is 2.28. The lowest BCUT2D eigenvalue weighted by atomic mass is 9.84. The summed E-state index contributed by atoms with van der Waals surface area (Å²) in [5.41, 5.74) is 10.6. The van der Waals surface area contributed by atoms with Gasteiger partial charge >= 0.3 is 0 Å². The van der Waals surface area contributed by atoms with Crippen LogP contribution in [-0.2, 0) is 7.05 Å². The third-order valence-electron chi connectivity index (χ3n) is 3.34. The molecule has 1 aromatic heterocycles. The summed E-state index contributed by atoms with van der Waals surface area (Å²) < 4.78 is 2.16. The van der Waals surface area contributed by atoms with E-state index < -0.39 is 0 Å². The van der Waals surface area contributed by atoms with Crippen molar-refractivity contribution in [1.82, 2.24) is 5.43 Å². The molecule has 0 spiro atoms. The van der Waals surface area contributed by atoms with Crippen LogP contribution in [0, 0.1) is 0 Å². The van der Waals surface area contributed by atoms with Crippen LogP contribution in [-0.4, -0.2) is 10.8 Å². The molecule has 1 saturated carbocycles. The largest absolute Gasteiger partial charge is 1.00 e. The van der Waals surface area contributed by atoms with Crippen molar-refractivity contribution in [3.63, 3.8) is 0 Å². The zero-order chi connectivity index (χ0) is 13.0. The summed E-state index contributed by atoms with van der Waals surface area (Å²) >= 11 is 4.80. The van der Waals surface area contributed by atoms with Gasteiger partial charge in [0.1, 0.15) is 7.05 Å².